The van der Waals surface area contributed by atoms with Gasteiger partial charge in [-0.3, -0.25) is 9.10 Å². The molecule has 6 nitrogen and oxygen atoms in total. The van der Waals surface area contributed by atoms with Crippen molar-refractivity contribution in [1.29, 1.82) is 0 Å². The van der Waals surface area contributed by atoms with E-state index < -0.39 is 10.0 Å². The first kappa shape index (κ1) is 22.7. The van der Waals surface area contributed by atoms with Crippen LogP contribution in [0.15, 0.2) is 48.5 Å². The number of sulfonamides is 1. The quantitative estimate of drug-likeness (QED) is 0.712. The molecule has 2 aromatic rings. The molecule has 0 bridgehead atoms. The third-order valence-electron chi connectivity index (χ3n) is 4.43. The Bertz CT molecular complexity index is 915. The van der Waals surface area contributed by atoms with E-state index in [9.17, 15) is 13.2 Å². The molecule has 0 spiro atoms. The Kier molecular flexibility index (Phi) is 7.30. The number of ether oxygens (including phenoxy) is 1. The fourth-order valence-corrected chi connectivity index (χ4v) is 3.64. The maximum Gasteiger partial charge on any atom is 0.241 e. The molecular weight excluding hydrogens is 388 g/mol. The minimum Gasteiger partial charge on any atom is -0.494 e. The second-order valence-corrected chi connectivity index (χ2v) is 9.83. The minimum atomic E-state index is -3.60. The van der Waals surface area contributed by atoms with Gasteiger partial charge in [-0.1, -0.05) is 45.0 Å². The lowest BCUT2D eigenvalue weighted by atomic mass is 9.87. The molecule has 0 saturated heterocycles. The monoisotopic (exact) mass is 418 g/mol. The summed E-state index contributed by atoms with van der Waals surface area (Å²) >= 11 is 0. The molecule has 0 unspecified atom stereocenters. The molecule has 0 atom stereocenters. The first-order valence-electron chi connectivity index (χ1n) is 9.57. The van der Waals surface area contributed by atoms with Gasteiger partial charge in [-0.25, -0.2) is 8.42 Å². The molecule has 1 N–H and O–H groups in total. The first-order valence-corrected chi connectivity index (χ1v) is 11.4. The fourth-order valence-electron chi connectivity index (χ4n) is 2.78. The zero-order valence-electron chi connectivity index (χ0n) is 17.7. The predicted octanol–water partition coefficient (Wildman–Crippen LogP) is 3.47. The van der Waals surface area contributed by atoms with Gasteiger partial charge >= 0.3 is 0 Å². The normalized spacial score (nSPS) is 11.8. The highest BCUT2D eigenvalue weighted by Gasteiger charge is 2.22. The minimum absolute atomic E-state index is 0.0382. The first-order chi connectivity index (χ1) is 13.5. The topological polar surface area (TPSA) is 75.7 Å². The van der Waals surface area contributed by atoms with Gasteiger partial charge in [0.2, 0.25) is 15.9 Å². The molecule has 1 amide bonds. The van der Waals surface area contributed by atoms with Gasteiger partial charge in [0.1, 0.15) is 12.3 Å². The number of amides is 1. The molecule has 0 heterocycles. The number of anilines is 1. The Morgan fingerprint density at radius 2 is 1.62 bits per heavy atom. The van der Waals surface area contributed by atoms with Gasteiger partial charge in [-0.15, -0.1) is 0 Å². The summed E-state index contributed by atoms with van der Waals surface area (Å²) in [7, 11) is -3.60. The number of hydrogen-bond donors (Lipinski definition) is 1. The van der Waals surface area contributed by atoms with E-state index in [4.69, 9.17) is 4.74 Å². The van der Waals surface area contributed by atoms with Crippen molar-refractivity contribution in [3.05, 3.63) is 59.7 Å². The van der Waals surface area contributed by atoms with Crippen LogP contribution in [0, 0.1) is 0 Å². The molecule has 0 aromatic heterocycles. The average Bonchev–Trinajstić information content (AvgIpc) is 2.64. The maximum absolute atomic E-state index is 12.4. The molecule has 7 heteroatoms. The van der Waals surface area contributed by atoms with Crippen LogP contribution >= 0.6 is 0 Å². The van der Waals surface area contributed by atoms with Gasteiger partial charge in [-0.2, -0.15) is 0 Å². The molecule has 0 fully saturated rings. The molecule has 158 valence electrons. The van der Waals surface area contributed by atoms with Crippen molar-refractivity contribution in [2.75, 3.05) is 23.7 Å². The van der Waals surface area contributed by atoms with Gasteiger partial charge < -0.3 is 10.1 Å². The van der Waals surface area contributed by atoms with Crippen LogP contribution in [0.3, 0.4) is 0 Å². The number of carbonyl (C=O) groups excluding carboxylic acids is 1. The van der Waals surface area contributed by atoms with E-state index in [2.05, 4.69) is 26.1 Å². The highest BCUT2D eigenvalue weighted by Crippen LogP contribution is 2.25. The fraction of sp³-hybridized carbons (Fsp3) is 0.409. The van der Waals surface area contributed by atoms with E-state index in [0.29, 0.717) is 18.8 Å². The summed E-state index contributed by atoms with van der Waals surface area (Å²) in [6, 6.07) is 14.7. The Morgan fingerprint density at radius 3 is 2.10 bits per heavy atom. The molecule has 0 aliphatic heterocycles. The third kappa shape index (κ3) is 6.78. The molecule has 2 aromatic carbocycles. The summed E-state index contributed by atoms with van der Waals surface area (Å²) in [5, 5.41) is 2.77. The Morgan fingerprint density at radius 1 is 1.03 bits per heavy atom. The van der Waals surface area contributed by atoms with Crippen LogP contribution in [0.5, 0.6) is 5.75 Å². The average molecular weight is 419 g/mol. The number of carbonyl (C=O) groups is 1. The molecule has 2 rings (SSSR count). The molecule has 0 aliphatic carbocycles. The van der Waals surface area contributed by atoms with Crippen molar-refractivity contribution in [2.24, 2.45) is 0 Å². The zero-order valence-corrected chi connectivity index (χ0v) is 18.5. The summed E-state index contributed by atoms with van der Waals surface area (Å²) in [4.78, 5) is 12.4. The van der Waals surface area contributed by atoms with Crippen molar-refractivity contribution in [3.8, 4) is 5.75 Å². The van der Waals surface area contributed by atoms with Gasteiger partial charge in [-0.05, 0) is 47.7 Å². The number of hydrogen-bond acceptors (Lipinski definition) is 4. The van der Waals surface area contributed by atoms with Gasteiger partial charge in [0, 0.05) is 6.54 Å². The van der Waals surface area contributed by atoms with Crippen molar-refractivity contribution >= 4 is 21.6 Å². The van der Waals surface area contributed by atoms with E-state index in [1.54, 1.807) is 12.1 Å². The second kappa shape index (κ2) is 9.31. The summed E-state index contributed by atoms with van der Waals surface area (Å²) < 4.78 is 31.0. The van der Waals surface area contributed by atoms with Crippen molar-refractivity contribution in [1.82, 2.24) is 5.32 Å². The van der Waals surface area contributed by atoms with Crippen LogP contribution in [-0.2, 0) is 26.8 Å². The van der Waals surface area contributed by atoms with Gasteiger partial charge in [0.15, 0.2) is 0 Å². The highest BCUT2D eigenvalue weighted by molar-refractivity contribution is 7.92. The Labute approximate surface area is 173 Å². The number of benzene rings is 2. The maximum atomic E-state index is 12.4. The van der Waals surface area contributed by atoms with E-state index in [1.807, 2.05) is 43.3 Å². The van der Waals surface area contributed by atoms with E-state index >= 15 is 0 Å². The standard InChI is InChI=1S/C22H30N2O4S/c1-6-28-20-13-7-17(8-14-20)15-23-21(25)16-24(29(5,26)27)19-11-9-18(10-12-19)22(2,3)4/h7-14H,6,15-16H2,1-5H3,(H,23,25). The lowest BCUT2D eigenvalue weighted by molar-refractivity contribution is -0.119. The van der Waals surface area contributed by atoms with Crippen LogP contribution in [0.2, 0.25) is 0 Å². The van der Waals surface area contributed by atoms with Crippen LogP contribution in [0.25, 0.3) is 0 Å². The third-order valence-corrected chi connectivity index (χ3v) is 5.57. The zero-order chi connectivity index (χ0) is 21.7. The van der Waals surface area contributed by atoms with Crippen LogP contribution < -0.4 is 14.4 Å². The molecule has 0 aliphatic rings. The largest absolute Gasteiger partial charge is 0.494 e. The van der Waals surface area contributed by atoms with E-state index in [-0.39, 0.29) is 17.9 Å². The van der Waals surface area contributed by atoms with Crippen molar-refractivity contribution < 1.29 is 17.9 Å². The van der Waals surface area contributed by atoms with Crippen LogP contribution in [0.4, 0.5) is 5.69 Å². The molecular formula is C22H30N2O4S. The smallest absolute Gasteiger partial charge is 0.241 e. The summed E-state index contributed by atoms with van der Waals surface area (Å²) in [5.74, 6) is 0.397. The Hall–Kier alpha value is -2.54. The molecule has 29 heavy (non-hydrogen) atoms. The molecule has 0 saturated carbocycles. The van der Waals surface area contributed by atoms with Crippen molar-refractivity contribution in [3.63, 3.8) is 0 Å². The SMILES string of the molecule is CCOc1ccc(CNC(=O)CN(c2ccc(C(C)(C)C)cc2)S(C)(=O)=O)cc1. The predicted molar refractivity (Wildman–Crippen MR) is 117 cm³/mol. The van der Waals surface area contributed by atoms with Crippen LogP contribution in [-0.4, -0.2) is 33.7 Å². The lowest BCUT2D eigenvalue weighted by Gasteiger charge is -2.24. The van der Waals surface area contributed by atoms with Crippen LogP contribution in [0.1, 0.15) is 38.8 Å². The summed E-state index contributed by atoms with van der Waals surface area (Å²) in [5.41, 5.74) is 2.43. The second-order valence-electron chi connectivity index (χ2n) is 7.92. The number of nitrogens with zero attached hydrogens (tertiary/aromatic N) is 1. The number of rotatable bonds is 8. The number of nitrogens with one attached hydrogen (secondary N) is 1. The van der Waals surface area contributed by atoms with Gasteiger partial charge in [0.25, 0.3) is 0 Å². The Balaban J connectivity index is 2.05. The highest BCUT2D eigenvalue weighted by atomic mass is 32.2. The van der Waals surface area contributed by atoms with Crippen molar-refractivity contribution in [2.45, 2.75) is 39.7 Å². The van der Waals surface area contributed by atoms with E-state index in [1.165, 1.54) is 0 Å². The molecule has 0 radical (unpaired) electrons. The summed E-state index contributed by atoms with van der Waals surface area (Å²) in [6.45, 7) is 8.81. The van der Waals surface area contributed by atoms with Gasteiger partial charge in [0.05, 0.1) is 18.6 Å². The summed E-state index contributed by atoms with van der Waals surface area (Å²) in [6.07, 6.45) is 1.10. The lowest BCUT2D eigenvalue weighted by Crippen LogP contribution is -2.40. The van der Waals surface area contributed by atoms with E-state index in [0.717, 1.165) is 27.4 Å².